The molecule has 0 atom stereocenters. The van der Waals surface area contributed by atoms with Crippen molar-refractivity contribution in [3.8, 4) is 0 Å². The van der Waals surface area contributed by atoms with Gasteiger partial charge in [-0.05, 0) is 17.7 Å². The zero-order chi connectivity index (χ0) is 16.5. The number of hydrogen-bond acceptors (Lipinski definition) is 2. The van der Waals surface area contributed by atoms with Crippen LogP contribution in [0.15, 0.2) is 41.9 Å². The molecular weight excluding hydrogens is 300 g/mol. The molecule has 1 aromatic rings. The van der Waals surface area contributed by atoms with Crippen LogP contribution in [-0.4, -0.2) is 55.9 Å². The molecule has 1 aromatic carbocycles. The number of rotatable bonds is 6. The van der Waals surface area contributed by atoms with E-state index in [1.807, 2.05) is 36.2 Å². The van der Waals surface area contributed by atoms with Gasteiger partial charge >= 0.3 is 0 Å². The Labute approximate surface area is 137 Å². The first-order chi connectivity index (χ1) is 10.4. The van der Waals surface area contributed by atoms with Gasteiger partial charge in [-0.1, -0.05) is 29.8 Å². The van der Waals surface area contributed by atoms with Gasteiger partial charge in [-0.2, -0.15) is 0 Å². The van der Waals surface area contributed by atoms with Crippen LogP contribution in [0.4, 0.5) is 0 Å². The fourth-order valence-corrected chi connectivity index (χ4v) is 1.82. The van der Waals surface area contributed by atoms with Crippen LogP contribution in [0, 0.1) is 0 Å². The fourth-order valence-electron chi connectivity index (χ4n) is 1.70. The lowest BCUT2D eigenvalue weighted by atomic mass is 10.2. The maximum absolute atomic E-state index is 11.7. The highest BCUT2D eigenvalue weighted by atomic mass is 35.5. The van der Waals surface area contributed by atoms with Crippen molar-refractivity contribution >= 4 is 23.5 Å². The molecule has 1 amide bonds. The van der Waals surface area contributed by atoms with Gasteiger partial charge in [0.15, 0.2) is 5.96 Å². The number of nitrogens with one attached hydrogen (secondary N) is 1. The molecule has 0 aromatic heterocycles. The average molecular weight is 323 g/mol. The molecule has 0 aliphatic heterocycles. The second kappa shape index (κ2) is 9.10. The molecule has 0 radical (unpaired) electrons. The van der Waals surface area contributed by atoms with E-state index >= 15 is 0 Å². The number of halogens is 1. The smallest absolute Gasteiger partial charge is 0.243 e. The Morgan fingerprint density at radius 3 is 2.50 bits per heavy atom. The number of benzene rings is 1. The summed E-state index contributed by atoms with van der Waals surface area (Å²) in [4.78, 5) is 19.5. The van der Waals surface area contributed by atoms with Crippen LogP contribution in [0.3, 0.4) is 0 Å². The normalized spacial score (nSPS) is 11.0. The van der Waals surface area contributed by atoms with E-state index in [0.29, 0.717) is 24.1 Å². The van der Waals surface area contributed by atoms with Gasteiger partial charge in [0.25, 0.3) is 0 Å². The van der Waals surface area contributed by atoms with E-state index in [4.69, 9.17) is 11.6 Å². The highest BCUT2D eigenvalue weighted by molar-refractivity contribution is 6.30. The Bertz CT molecular complexity index is 525. The molecule has 6 heteroatoms. The molecule has 120 valence electrons. The van der Waals surface area contributed by atoms with Crippen LogP contribution in [-0.2, 0) is 11.3 Å². The SMILES string of the molecule is C=CCNC(=NCC(=O)N(C)C)N(C)Cc1ccc(Cl)cc1. The predicted octanol–water partition coefficient (Wildman–Crippen LogP) is 1.99. The molecule has 0 fully saturated rings. The monoisotopic (exact) mass is 322 g/mol. The molecule has 0 unspecified atom stereocenters. The number of nitrogens with zero attached hydrogens (tertiary/aromatic N) is 3. The molecule has 1 rings (SSSR count). The molecule has 0 bridgehead atoms. The molecular formula is C16H23ClN4O. The highest BCUT2D eigenvalue weighted by Crippen LogP contribution is 2.11. The first-order valence-corrected chi connectivity index (χ1v) is 7.36. The zero-order valence-corrected chi connectivity index (χ0v) is 14.1. The van der Waals surface area contributed by atoms with E-state index in [1.54, 1.807) is 20.2 Å². The molecule has 0 saturated heterocycles. The van der Waals surface area contributed by atoms with Crippen molar-refractivity contribution in [3.05, 3.63) is 47.5 Å². The maximum atomic E-state index is 11.7. The van der Waals surface area contributed by atoms with Gasteiger partial charge in [0.05, 0.1) is 0 Å². The number of aliphatic imine (C=N–C) groups is 1. The van der Waals surface area contributed by atoms with Gasteiger partial charge in [0.1, 0.15) is 6.54 Å². The minimum absolute atomic E-state index is 0.0437. The molecule has 0 spiro atoms. The van der Waals surface area contributed by atoms with Crippen LogP contribution in [0.2, 0.25) is 5.02 Å². The Morgan fingerprint density at radius 2 is 1.95 bits per heavy atom. The quantitative estimate of drug-likeness (QED) is 0.495. The number of hydrogen-bond donors (Lipinski definition) is 1. The minimum Gasteiger partial charge on any atom is -0.353 e. The summed E-state index contributed by atoms with van der Waals surface area (Å²) >= 11 is 5.89. The topological polar surface area (TPSA) is 47.9 Å². The van der Waals surface area contributed by atoms with Crippen LogP contribution >= 0.6 is 11.6 Å². The maximum Gasteiger partial charge on any atom is 0.243 e. The largest absolute Gasteiger partial charge is 0.353 e. The summed E-state index contributed by atoms with van der Waals surface area (Å²) in [6.45, 7) is 5.04. The second-order valence-electron chi connectivity index (χ2n) is 5.08. The number of carbonyl (C=O) groups is 1. The Balaban J connectivity index is 2.76. The average Bonchev–Trinajstić information content (AvgIpc) is 2.49. The molecule has 0 heterocycles. The molecule has 1 N–H and O–H groups in total. The van der Waals surface area contributed by atoms with E-state index in [9.17, 15) is 4.79 Å². The predicted molar refractivity (Wildman–Crippen MR) is 92.1 cm³/mol. The summed E-state index contributed by atoms with van der Waals surface area (Å²) < 4.78 is 0. The number of amides is 1. The second-order valence-corrected chi connectivity index (χ2v) is 5.52. The summed E-state index contributed by atoms with van der Waals surface area (Å²) in [5.74, 6) is 0.614. The summed E-state index contributed by atoms with van der Waals surface area (Å²) in [5.41, 5.74) is 1.11. The molecule has 0 aliphatic rings. The summed E-state index contributed by atoms with van der Waals surface area (Å²) in [6, 6.07) is 7.65. The van der Waals surface area contributed by atoms with Crippen LogP contribution in [0.1, 0.15) is 5.56 Å². The van der Waals surface area contributed by atoms with Crippen molar-refractivity contribution in [2.24, 2.45) is 4.99 Å². The van der Waals surface area contributed by atoms with E-state index in [-0.39, 0.29) is 12.5 Å². The van der Waals surface area contributed by atoms with Gasteiger partial charge in [-0.25, -0.2) is 4.99 Å². The third kappa shape index (κ3) is 6.18. The van der Waals surface area contributed by atoms with Gasteiger partial charge in [-0.3, -0.25) is 4.79 Å². The number of guanidine groups is 1. The van der Waals surface area contributed by atoms with Crippen molar-refractivity contribution < 1.29 is 4.79 Å². The summed E-state index contributed by atoms with van der Waals surface area (Å²) in [6.07, 6.45) is 1.75. The summed E-state index contributed by atoms with van der Waals surface area (Å²) in [5, 5.41) is 3.87. The molecule has 0 aliphatic carbocycles. The lowest BCUT2D eigenvalue weighted by molar-refractivity contribution is -0.127. The van der Waals surface area contributed by atoms with Crippen molar-refractivity contribution in [1.29, 1.82) is 0 Å². The molecule has 22 heavy (non-hydrogen) atoms. The third-order valence-electron chi connectivity index (χ3n) is 2.96. The molecule has 5 nitrogen and oxygen atoms in total. The number of carbonyl (C=O) groups excluding carboxylic acids is 1. The lowest BCUT2D eigenvalue weighted by Crippen LogP contribution is -2.39. The van der Waals surface area contributed by atoms with Gasteiger partial charge in [-0.15, -0.1) is 6.58 Å². The van der Waals surface area contributed by atoms with Gasteiger partial charge in [0, 0.05) is 39.3 Å². The highest BCUT2D eigenvalue weighted by Gasteiger charge is 2.09. The Hall–Kier alpha value is -2.01. The minimum atomic E-state index is -0.0437. The first kappa shape index (κ1) is 18.0. The van der Waals surface area contributed by atoms with Gasteiger partial charge < -0.3 is 15.1 Å². The van der Waals surface area contributed by atoms with E-state index in [1.165, 1.54) is 4.90 Å². The van der Waals surface area contributed by atoms with Crippen molar-refractivity contribution in [2.45, 2.75) is 6.54 Å². The third-order valence-corrected chi connectivity index (χ3v) is 3.21. The lowest BCUT2D eigenvalue weighted by Gasteiger charge is -2.22. The van der Waals surface area contributed by atoms with Crippen molar-refractivity contribution in [2.75, 3.05) is 34.2 Å². The number of likely N-dealkylation sites (N-methyl/N-ethyl adjacent to an activating group) is 1. The van der Waals surface area contributed by atoms with Gasteiger partial charge in [0.2, 0.25) is 5.91 Å². The van der Waals surface area contributed by atoms with Crippen LogP contribution in [0.25, 0.3) is 0 Å². The Kier molecular flexibility index (Phi) is 7.46. The molecule has 0 saturated carbocycles. The Morgan fingerprint density at radius 1 is 1.32 bits per heavy atom. The zero-order valence-electron chi connectivity index (χ0n) is 13.3. The van der Waals surface area contributed by atoms with Crippen LogP contribution in [0.5, 0.6) is 0 Å². The van der Waals surface area contributed by atoms with Crippen molar-refractivity contribution in [1.82, 2.24) is 15.1 Å². The summed E-state index contributed by atoms with van der Waals surface area (Å²) in [7, 11) is 5.35. The van der Waals surface area contributed by atoms with E-state index in [0.717, 1.165) is 5.56 Å². The van der Waals surface area contributed by atoms with Crippen LogP contribution < -0.4 is 5.32 Å². The standard InChI is InChI=1S/C16H23ClN4O/c1-5-10-18-16(19-11-15(22)20(2)3)21(4)12-13-6-8-14(17)9-7-13/h5-9H,1,10-12H2,2-4H3,(H,18,19). The van der Waals surface area contributed by atoms with Crippen molar-refractivity contribution in [3.63, 3.8) is 0 Å². The van der Waals surface area contributed by atoms with E-state index < -0.39 is 0 Å². The van der Waals surface area contributed by atoms with E-state index in [2.05, 4.69) is 16.9 Å². The first-order valence-electron chi connectivity index (χ1n) is 6.99. The fraction of sp³-hybridized carbons (Fsp3) is 0.375.